The maximum Gasteiger partial charge on any atom is 0.0340 e. The summed E-state index contributed by atoms with van der Waals surface area (Å²) in [6.45, 7) is 7.16. The molecule has 14 heavy (non-hydrogen) atoms. The molecular weight excluding hydrogens is 170 g/mol. The minimum Gasteiger partial charge on any atom is -0.322 e. The first-order valence-corrected chi connectivity index (χ1v) is 5.91. The second-order valence-corrected chi connectivity index (χ2v) is 6.12. The minimum atomic E-state index is 0.0817. The van der Waals surface area contributed by atoms with Crippen molar-refractivity contribution in [1.29, 1.82) is 0 Å². The molecule has 0 aromatic carbocycles. The van der Waals surface area contributed by atoms with E-state index in [9.17, 15) is 0 Å². The van der Waals surface area contributed by atoms with Crippen molar-refractivity contribution in [2.24, 2.45) is 23.0 Å². The Morgan fingerprint density at radius 2 is 1.86 bits per heavy atom. The second kappa shape index (κ2) is 3.10. The average molecular weight is 193 g/mol. The van der Waals surface area contributed by atoms with Crippen molar-refractivity contribution >= 4 is 0 Å². The lowest BCUT2D eigenvalue weighted by Crippen LogP contribution is -2.22. The summed E-state index contributed by atoms with van der Waals surface area (Å²) in [7, 11) is 0. The fraction of sp³-hybridized carbons (Fsp3) is 0.846. The van der Waals surface area contributed by atoms with Crippen LogP contribution >= 0.6 is 0 Å². The van der Waals surface area contributed by atoms with Gasteiger partial charge in [0.2, 0.25) is 0 Å². The van der Waals surface area contributed by atoms with E-state index in [4.69, 9.17) is 5.73 Å². The van der Waals surface area contributed by atoms with Crippen LogP contribution in [0.1, 0.15) is 46.5 Å². The van der Waals surface area contributed by atoms with Crippen molar-refractivity contribution in [3.05, 3.63) is 12.2 Å². The molecule has 0 heterocycles. The monoisotopic (exact) mass is 193 g/mol. The fourth-order valence-corrected chi connectivity index (χ4v) is 2.77. The predicted molar refractivity (Wildman–Crippen MR) is 61.0 cm³/mol. The molecule has 2 fully saturated rings. The van der Waals surface area contributed by atoms with Gasteiger partial charge in [0.1, 0.15) is 0 Å². The zero-order valence-corrected chi connectivity index (χ0v) is 9.72. The zero-order chi connectivity index (χ0) is 10.4. The zero-order valence-electron chi connectivity index (χ0n) is 9.72. The Morgan fingerprint density at radius 1 is 1.21 bits per heavy atom. The normalized spacial score (nSPS) is 39.1. The maximum absolute atomic E-state index is 6.07. The van der Waals surface area contributed by atoms with E-state index in [0.717, 1.165) is 11.8 Å². The molecule has 2 unspecified atom stereocenters. The molecular formula is C13H23N. The molecule has 2 saturated carbocycles. The Bertz CT molecular complexity index is 248. The second-order valence-electron chi connectivity index (χ2n) is 6.12. The molecule has 0 saturated heterocycles. The number of hydrogen-bond acceptors (Lipinski definition) is 1. The lowest BCUT2D eigenvalue weighted by Gasteiger charge is -2.27. The highest BCUT2D eigenvalue weighted by Crippen LogP contribution is 2.47. The maximum atomic E-state index is 6.07. The molecule has 0 aromatic rings. The van der Waals surface area contributed by atoms with Crippen LogP contribution in [0, 0.1) is 17.3 Å². The molecule has 1 heteroatoms. The van der Waals surface area contributed by atoms with Gasteiger partial charge in [0, 0.05) is 5.54 Å². The van der Waals surface area contributed by atoms with Crippen LogP contribution in [-0.2, 0) is 0 Å². The third-order valence-electron chi connectivity index (χ3n) is 4.22. The van der Waals surface area contributed by atoms with Gasteiger partial charge in [-0.2, -0.15) is 0 Å². The molecule has 2 atom stereocenters. The van der Waals surface area contributed by atoms with Crippen molar-refractivity contribution < 1.29 is 0 Å². The van der Waals surface area contributed by atoms with Gasteiger partial charge in [0.25, 0.3) is 0 Å². The lowest BCUT2D eigenvalue weighted by atomic mass is 9.78. The standard InChI is InChI=1S/C13H23N/c1-10-4-6-12(2,3)11(10)5-7-13(14)8-9-13/h5,7,10-11H,4,6,8-9,14H2,1-3H3/b7-5+. The Hall–Kier alpha value is -0.300. The van der Waals surface area contributed by atoms with Crippen LogP contribution in [0.4, 0.5) is 0 Å². The van der Waals surface area contributed by atoms with E-state index in [1.165, 1.54) is 25.7 Å². The fourth-order valence-electron chi connectivity index (χ4n) is 2.77. The summed E-state index contributed by atoms with van der Waals surface area (Å²) in [5.41, 5.74) is 6.64. The van der Waals surface area contributed by atoms with Crippen molar-refractivity contribution in [1.82, 2.24) is 0 Å². The molecule has 0 aliphatic heterocycles. The van der Waals surface area contributed by atoms with Gasteiger partial charge < -0.3 is 5.73 Å². The van der Waals surface area contributed by atoms with Crippen molar-refractivity contribution in [2.75, 3.05) is 0 Å². The largest absolute Gasteiger partial charge is 0.322 e. The van der Waals surface area contributed by atoms with E-state index in [0.29, 0.717) is 5.41 Å². The number of nitrogens with two attached hydrogens (primary N) is 1. The third kappa shape index (κ3) is 1.88. The summed E-state index contributed by atoms with van der Waals surface area (Å²) in [6.07, 6.45) is 9.79. The number of rotatable bonds is 2. The summed E-state index contributed by atoms with van der Waals surface area (Å²) in [6, 6.07) is 0. The van der Waals surface area contributed by atoms with Crippen LogP contribution in [0.5, 0.6) is 0 Å². The Labute approximate surface area is 87.8 Å². The van der Waals surface area contributed by atoms with Gasteiger partial charge in [-0.1, -0.05) is 32.9 Å². The van der Waals surface area contributed by atoms with Crippen LogP contribution in [-0.4, -0.2) is 5.54 Å². The average Bonchev–Trinajstić information content (AvgIpc) is 2.74. The molecule has 0 spiro atoms. The van der Waals surface area contributed by atoms with Crippen LogP contribution in [0.2, 0.25) is 0 Å². The summed E-state index contributed by atoms with van der Waals surface area (Å²) in [5, 5.41) is 0. The molecule has 0 bridgehead atoms. The highest BCUT2D eigenvalue weighted by atomic mass is 14.8. The third-order valence-corrected chi connectivity index (χ3v) is 4.22. The summed E-state index contributed by atoms with van der Waals surface area (Å²) < 4.78 is 0. The molecule has 2 N–H and O–H groups in total. The van der Waals surface area contributed by atoms with Gasteiger partial charge in [-0.05, 0) is 42.9 Å². The van der Waals surface area contributed by atoms with E-state index in [1.807, 2.05) is 0 Å². The van der Waals surface area contributed by atoms with Gasteiger partial charge in [-0.15, -0.1) is 0 Å². The molecule has 0 radical (unpaired) electrons. The molecule has 0 aromatic heterocycles. The molecule has 2 aliphatic carbocycles. The lowest BCUT2D eigenvalue weighted by molar-refractivity contribution is 0.279. The van der Waals surface area contributed by atoms with Crippen LogP contribution in [0.3, 0.4) is 0 Å². The molecule has 80 valence electrons. The first kappa shape index (κ1) is 10.2. The van der Waals surface area contributed by atoms with E-state index in [2.05, 4.69) is 32.9 Å². The van der Waals surface area contributed by atoms with Crippen molar-refractivity contribution in [3.63, 3.8) is 0 Å². The summed E-state index contributed by atoms with van der Waals surface area (Å²) in [5.74, 6) is 1.58. The van der Waals surface area contributed by atoms with Gasteiger partial charge in [-0.3, -0.25) is 0 Å². The SMILES string of the molecule is CC1CCC(C)(C)C1/C=C/C1(N)CC1. The topological polar surface area (TPSA) is 26.0 Å². The molecule has 0 amide bonds. The number of allylic oxidation sites excluding steroid dienone is 1. The molecule has 1 nitrogen and oxygen atoms in total. The van der Waals surface area contributed by atoms with Crippen LogP contribution in [0.15, 0.2) is 12.2 Å². The summed E-state index contributed by atoms with van der Waals surface area (Å²) >= 11 is 0. The smallest absolute Gasteiger partial charge is 0.0340 e. The van der Waals surface area contributed by atoms with Crippen molar-refractivity contribution in [3.8, 4) is 0 Å². The minimum absolute atomic E-state index is 0.0817. The van der Waals surface area contributed by atoms with Gasteiger partial charge in [0.05, 0.1) is 0 Å². The van der Waals surface area contributed by atoms with E-state index in [-0.39, 0.29) is 5.54 Å². The van der Waals surface area contributed by atoms with Crippen LogP contribution in [0.25, 0.3) is 0 Å². The Kier molecular flexibility index (Phi) is 2.26. The molecule has 2 aliphatic rings. The first-order valence-electron chi connectivity index (χ1n) is 5.91. The Balaban J connectivity index is 2.05. The predicted octanol–water partition coefficient (Wildman–Crippen LogP) is 3.11. The van der Waals surface area contributed by atoms with E-state index < -0.39 is 0 Å². The van der Waals surface area contributed by atoms with Gasteiger partial charge >= 0.3 is 0 Å². The quantitative estimate of drug-likeness (QED) is 0.670. The van der Waals surface area contributed by atoms with E-state index in [1.54, 1.807) is 0 Å². The Morgan fingerprint density at radius 3 is 2.29 bits per heavy atom. The van der Waals surface area contributed by atoms with Crippen molar-refractivity contribution in [2.45, 2.75) is 52.0 Å². The first-order chi connectivity index (χ1) is 6.43. The molecule has 2 rings (SSSR count). The highest BCUT2D eigenvalue weighted by Gasteiger charge is 2.40. The van der Waals surface area contributed by atoms with Gasteiger partial charge in [-0.25, -0.2) is 0 Å². The van der Waals surface area contributed by atoms with Crippen LogP contribution < -0.4 is 5.73 Å². The summed E-state index contributed by atoms with van der Waals surface area (Å²) in [4.78, 5) is 0. The highest BCUT2D eigenvalue weighted by molar-refractivity contribution is 5.17. The number of hydrogen-bond donors (Lipinski definition) is 1. The van der Waals surface area contributed by atoms with Gasteiger partial charge in [0.15, 0.2) is 0 Å². The van der Waals surface area contributed by atoms with E-state index >= 15 is 0 Å².